The van der Waals surface area contributed by atoms with Gasteiger partial charge in [-0.05, 0) is 49.7 Å². The summed E-state index contributed by atoms with van der Waals surface area (Å²) >= 11 is 18.3. The number of aryl methyl sites for hydroxylation is 2. The molecule has 0 spiro atoms. The lowest BCUT2D eigenvalue weighted by Crippen LogP contribution is -2.02. The Kier molecular flexibility index (Phi) is 4.72. The van der Waals surface area contributed by atoms with E-state index in [4.69, 9.17) is 39.8 Å². The van der Waals surface area contributed by atoms with E-state index in [9.17, 15) is 0 Å². The van der Waals surface area contributed by atoms with Crippen molar-refractivity contribution in [2.45, 2.75) is 13.8 Å². The highest BCUT2D eigenvalue weighted by Crippen LogP contribution is 2.31. The molecular weight excluding hydrogens is 403 g/mol. The topological polar surface area (TPSA) is 42.2 Å². The van der Waals surface area contributed by atoms with Crippen LogP contribution in [-0.2, 0) is 0 Å². The Labute approximate surface area is 171 Å². The van der Waals surface area contributed by atoms with E-state index >= 15 is 0 Å². The van der Waals surface area contributed by atoms with Crippen LogP contribution in [0.5, 0.6) is 0 Å². The van der Waals surface area contributed by atoms with Crippen molar-refractivity contribution in [3.05, 3.63) is 75.0 Å². The zero-order valence-electron chi connectivity index (χ0n) is 14.6. The molecule has 4 nitrogen and oxygen atoms in total. The summed E-state index contributed by atoms with van der Waals surface area (Å²) in [7, 11) is 0. The third kappa shape index (κ3) is 3.61. The summed E-state index contributed by atoms with van der Waals surface area (Å²) in [6, 6.07) is 14.9. The molecule has 0 radical (unpaired) electrons. The van der Waals surface area contributed by atoms with Gasteiger partial charge in [0.15, 0.2) is 5.65 Å². The molecule has 0 aliphatic carbocycles. The molecule has 2 heterocycles. The lowest BCUT2D eigenvalue weighted by molar-refractivity contribution is 0.917. The number of benzene rings is 2. The zero-order chi connectivity index (χ0) is 19.1. The highest BCUT2D eigenvalue weighted by Gasteiger charge is 2.16. The molecule has 0 aliphatic rings. The van der Waals surface area contributed by atoms with Gasteiger partial charge in [0.05, 0.1) is 5.69 Å². The van der Waals surface area contributed by atoms with Crippen molar-refractivity contribution in [1.29, 1.82) is 0 Å². The third-order valence-corrected chi connectivity index (χ3v) is 4.85. The Balaban J connectivity index is 1.87. The molecule has 0 bridgehead atoms. The van der Waals surface area contributed by atoms with Crippen LogP contribution in [0.15, 0.2) is 48.5 Å². The first-order valence-corrected chi connectivity index (χ1v) is 9.40. The van der Waals surface area contributed by atoms with Gasteiger partial charge in [0.1, 0.15) is 5.82 Å². The summed E-state index contributed by atoms with van der Waals surface area (Å²) < 4.78 is 1.79. The van der Waals surface area contributed by atoms with Gasteiger partial charge in [-0.3, -0.25) is 0 Å². The minimum atomic E-state index is 0.561. The number of nitrogens with zero attached hydrogens (tertiary/aromatic N) is 3. The van der Waals surface area contributed by atoms with Gasteiger partial charge in [0, 0.05) is 38.1 Å². The van der Waals surface area contributed by atoms with Gasteiger partial charge in [-0.15, -0.1) is 0 Å². The lowest BCUT2D eigenvalue weighted by Gasteiger charge is -2.10. The van der Waals surface area contributed by atoms with E-state index in [1.807, 2.05) is 56.3 Å². The van der Waals surface area contributed by atoms with Gasteiger partial charge in [0.25, 0.3) is 0 Å². The van der Waals surface area contributed by atoms with Crippen LogP contribution in [0.2, 0.25) is 15.1 Å². The van der Waals surface area contributed by atoms with Crippen molar-refractivity contribution >= 4 is 52.0 Å². The zero-order valence-corrected chi connectivity index (χ0v) is 16.9. The molecule has 1 N–H and O–H groups in total. The van der Waals surface area contributed by atoms with Crippen molar-refractivity contribution in [3.8, 4) is 11.1 Å². The summed E-state index contributed by atoms with van der Waals surface area (Å²) in [5.41, 5.74) is 5.28. The fourth-order valence-corrected chi connectivity index (χ4v) is 3.71. The Bertz CT molecular complexity index is 1130. The molecule has 0 atom stereocenters. The van der Waals surface area contributed by atoms with Crippen molar-refractivity contribution in [2.24, 2.45) is 0 Å². The minimum absolute atomic E-state index is 0.561. The quantitative estimate of drug-likeness (QED) is 0.402. The van der Waals surface area contributed by atoms with Crippen LogP contribution < -0.4 is 5.32 Å². The number of rotatable bonds is 3. The average Bonchev–Trinajstić information content (AvgIpc) is 2.91. The number of aromatic nitrogens is 3. The van der Waals surface area contributed by atoms with E-state index in [0.29, 0.717) is 15.1 Å². The minimum Gasteiger partial charge on any atom is -0.340 e. The molecule has 4 aromatic rings. The predicted molar refractivity (Wildman–Crippen MR) is 113 cm³/mol. The second-order valence-electron chi connectivity index (χ2n) is 6.27. The normalized spacial score (nSPS) is 11.1. The van der Waals surface area contributed by atoms with Gasteiger partial charge in [0.2, 0.25) is 0 Å². The molecule has 4 rings (SSSR count). The van der Waals surface area contributed by atoms with Gasteiger partial charge < -0.3 is 5.32 Å². The van der Waals surface area contributed by atoms with Gasteiger partial charge in [-0.2, -0.15) is 9.61 Å². The smallest absolute Gasteiger partial charge is 0.165 e. The summed E-state index contributed by atoms with van der Waals surface area (Å²) in [6.07, 6.45) is 0. The predicted octanol–water partition coefficient (Wildman–Crippen LogP) is 6.72. The number of halogens is 3. The highest BCUT2D eigenvalue weighted by atomic mass is 35.5. The molecule has 27 heavy (non-hydrogen) atoms. The first-order chi connectivity index (χ1) is 12.9. The molecule has 0 saturated carbocycles. The molecule has 7 heteroatoms. The van der Waals surface area contributed by atoms with E-state index in [1.165, 1.54) is 0 Å². The van der Waals surface area contributed by atoms with Crippen LogP contribution in [0.25, 0.3) is 16.8 Å². The standard InChI is InChI=1S/C20H15Cl3N4/c1-11-7-18(25-17-9-15(22)8-16(23)10-17)27-20(24-11)19(12(2)26-27)13-3-5-14(21)6-4-13/h3-10,25H,1-2H3. The molecule has 0 aliphatic heterocycles. The SMILES string of the molecule is Cc1cc(Nc2cc(Cl)cc(Cl)c2)n2nc(C)c(-c3ccc(Cl)cc3)c2n1. The molecular formula is C20H15Cl3N4. The molecule has 2 aromatic carbocycles. The monoisotopic (exact) mass is 416 g/mol. The van der Waals surface area contributed by atoms with Crippen LogP contribution >= 0.6 is 34.8 Å². The number of anilines is 2. The molecule has 0 fully saturated rings. The number of fused-ring (bicyclic) bond motifs is 1. The number of hydrogen-bond acceptors (Lipinski definition) is 3. The van der Waals surface area contributed by atoms with E-state index in [2.05, 4.69) is 10.4 Å². The second kappa shape index (κ2) is 7.04. The molecule has 2 aromatic heterocycles. The average molecular weight is 418 g/mol. The third-order valence-electron chi connectivity index (χ3n) is 4.16. The van der Waals surface area contributed by atoms with E-state index in [-0.39, 0.29) is 0 Å². The fraction of sp³-hybridized carbons (Fsp3) is 0.100. The molecule has 136 valence electrons. The number of nitrogens with one attached hydrogen (secondary N) is 1. The van der Waals surface area contributed by atoms with Gasteiger partial charge >= 0.3 is 0 Å². The van der Waals surface area contributed by atoms with E-state index in [1.54, 1.807) is 10.6 Å². The number of hydrogen-bond donors (Lipinski definition) is 1. The molecule has 0 amide bonds. The Morgan fingerprint density at radius 1 is 0.852 bits per heavy atom. The van der Waals surface area contributed by atoms with Crippen molar-refractivity contribution in [1.82, 2.24) is 14.6 Å². The van der Waals surface area contributed by atoms with Crippen molar-refractivity contribution in [2.75, 3.05) is 5.32 Å². The van der Waals surface area contributed by atoms with Crippen LogP contribution in [0.4, 0.5) is 11.5 Å². The maximum Gasteiger partial charge on any atom is 0.165 e. The van der Waals surface area contributed by atoms with E-state index < -0.39 is 0 Å². The molecule has 0 unspecified atom stereocenters. The van der Waals surface area contributed by atoms with Gasteiger partial charge in [-0.25, -0.2) is 4.98 Å². The van der Waals surface area contributed by atoms with Crippen LogP contribution in [0.3, 0.4) is 0 Å². The van der Waals surface area contributed by atoms with Crippen LogP contribution in [0, 0.1) is 13.8 Å². The van der Waals surface area contributed by atoms with Crippen molar-refractivity contribution < 1.29 is 0 Å². The summed E-state index contributed by atoms with van der Waals surface area (Å²) in [4.78, 5) is 4.71. The fourth-order valence-electron chi connectivity index (χ4n) is 3.06. The maximum absolute atomic E-state index is 6.12. The maximum atomic E-state index is 6.12. The summed E-state index contributed by atoms with van der Waals surface area (Å²) in [5.74, 6) is 0.777. The first-order valence-electron chi connectivity index (χ1n) is 8.27. The lowest BCUT2D eigenvalue weighted by atomic mass is 10.1. The Hall–Kier alpha value is -2.27. The van der Waals surface area contributed by atoms with Crippen LogP contribution in [-0.4, -0.2) is 14.6 Å². The van der Waals surface area contributed by atoms with Crippen LogP contribution in [0.1, 0.15) is 11.4 Å². The second-order valence-corrected chi connectivity index (χ2v) is 7.58. The van der Waals surface area contributed by atoms with Gasteiger partial charge in [-0.1, -0.05) is 46.9 Å². The first kappa shape index (κ1) is 18.1. The highest BCUT2D eigenvalue weighted by molar-refractivity contribution is 6.35. The van der Waals surface area contributed by atoms with E-state index in [0.717, 1.165) is 39.7 Å². The Morgan fingerprint density at radius 3 is 2.19 bits per heavy atom. The summed E-state index contributed by atoms with van der Waals surface area (Å²) in [6.45, 7) is 3.91. The largest absolute Gasteiger partial charge is 0.340 e. The Morgan fingerprint density at radius 2 is 1.52 bits per heavy atom. The summed E-state index contributed by atoms with van der Waals surface area (Å²) in [5, 5.41) is 9.84. The van der Waals surface area contributed by atoms with Crippen molar-refractivity contribution in [3.63, 3.8) is 0 Å². The molecule has 0 saturated heterocycles.